The molecule has 7 nitrogen and oxygen atoms in total. The highest BCUT2D eigenvalue weighted by atomic mass is 32.2. The van der Waals surface area contributed by atoms with Crippen molar-refractivity contribution in [1.82, 2.24) is 4.90 Å². The van der Waals surface area contributed by atoms with Crippen LogP contribution in [0.25, 0.3) is 0 Å². The van der Waals surface area contributed by atoms with Gasteiger partial charge in [0.05, 0.1) is 30.1 Å². The molecule has 0 spiro atoms. The quantitative estimate of drug-likeness (QED) is 0.625. The number of benzene rings is 2. The van der Waals surface area contributed by atoms with Gasteiger partial charge in [-0.05, 0) is 56.0 Å². The highest BCUT2D eigenvalue weighted by Gasteiger charge is 2.37. The fourth-order valence-corrected chi connectivity index (χ4v) is 5.44. The maximum atomic E-state index is 13.7. The molecule has 1 aliphatic carbocycles. The summed E-state index contributed by atoms with van der Waals surface area (Å²) in [5.74, 6) is 1.59. The van der Waals surface area contributed by atoms with Gasteiger partial charge in [0.15, 0.2) is 5.17 Å². The monoisotopic (exact) mass is 476 g/mol. The van der Waals surface area contributed by atoms with Crippen molar-refractivity contribution in [2.75, 3.05) is 30.0 Å². The zero-order chi connectivity index (χ0) is 23.7. The number of nitrogens with zero attached hydrogens (tertiary/aromatic N) is 2. The van der Waals surface area contributed by atoms with Crippen molar-refractivity contribution in [2.24, 2.45) is 10.9 Å². The minimum atomic E-state index is -0.298. The number of allylic oxidation sites excluding steroid dienone is 1. The zero-order valence-corrected chi connectivity index (χ0v) is 20.2. The molecule has 34 heavy (non-hydrogen) atoms. The summed E-state index contributed by atoms with van der Waals surface area (Å²) >= 11 is 1.72. The molecule has 1 saturated carbocycles. The molecule has 1 atom stereocenters. The molecule has 1 unspecified atom stereocenters. The number of amides is 2. The van der Waals surface area contributed by atoms with E-state index in [4.69, 9.17) is 9.73 Å². The van der Waals surface area contributed by atoms with Gasteiger partial charge in [-0.2, -0.15) is 0 Å². The predicted octanol–water partition coefficient (Wildman–Crippen LogP) is 4.81. The molecule has 8 heteroatoms. The molecule has 0 aromatic heterocycles. The maximum absolute atomic E-state index is 13.7. The standard InChI is InChI=1S/C26H28N4O3S/c1-16-22(25(32)29-20-9-3-4-10-21(20)33-2)23(30-13-6-14-34-26(30)27-16)18-7-5-8-19(15-18)28-24(31)17-11-12-17/h3-5,7-10,15,17,23H,6,11-14H2,1-2H3,(H,28,31)(H,29,32). The van der Waals surface area contributed by atoms with Gasteiger partial charge in [0.2, 0.25) is 5.91 Å². The van der Waals surface area contributed by atoms with Crippen molar-refractivity contribution >= 4 is 40.1 Å². The third-order valence-corrected chi connectivity index (χ3v) is 7.35. The first kappa shape index (κ1) is 22.5. The van der Waals surface area contributed by atoms with E-state index in [0.29, 0.717) is 22.7 Å². The number of para-hydroxylation sites is 2. The fourth-order valence-electron chi connectivity index (χ4n) is 4.42. The van der Waals surface area contributed by atoms with Crippen molar-refractivity contribution < 1.29 is 14.3 Å². The molecule has 3 aliphatic rings. The summed E-state index contributed by atoms with van der Waals surface area (Å²) in [6.45, 7) is 2.70. The second kappa shape index (κ2) is 9.54. The van der Waals surface area contributed by atoms with Gasteiger partial charge in [0, 0.05) is 23.9 Å². The molecule has 2 aromatic carbocycles. The van der Waals surface area contributed by atoms with Gasteiger partial charge in [-0.15, -0.1) is 0 Å². The predicted molar refractivity (Wildman–Crippen MR) is 136 cm³/mol. The second-order valence-electron chi connectivity index (χ2n) is 8.73. The number of carbonyl (C=O) groups is 2. The molecular formula is C26H28N4O3S. The topological polar surface area (TPSA) is 83.0 Å². The Morgan fingerprint density at radius 3 is 2.74 bits per heavy atom. The van der Waals surface area contributed by atoms with E-state index in [1.165, 1.54) is 0 Å². The van der Waals surface area contributed by atoms with Gasteiger partial charge >= 0.3 is 0 Å². The number of nitrogens with one attached hydrogen (secondary N) is 2. The summed E-state index contributed by atoms with van der Waals surface area (Å²) in [6.07, 6.45) is 2.92. The van der Waals surface area contributed by atoms with Crippen LogP contribution >= 0.6 is 11.8 Å². The molecule has 2 aliphatic heterocycles. The van der Waals surface area contributed by atoms with E-state index in [9.17, 15) is 9.59 Å². The Hall–Kier alpha value is -3.26. The molecule has 0 radical (unpaired) electrons. The first-order valence-electron chi connectivity index (χ1n) is 11.6. The minimum absolute atomic E-state index is 0.0671. The van der Waals surface area contributed by atoms with Crippen LogP contribution in [0.15, 0.2) is 64.8 Å². The van der Waals surface area contributed by atoms with E-state index < -0.39 is 0 Å². The van der Waals surface area contributed by atoms with Crippen LogP contribution < -0.4 is 15.4 Å². The molecule has 2 fully saturated rings. The first-order valence-corrected chi connectivity index (χ1v) is 12.6. The SMILES string of the molecule is COc1ccccc1NC(=O)C1=C(C)N=C2SCCCN2C1c1cccc(NC(=O)C2CC2)c1. The summed E-state index contributed by atoms with van der Waals surface area (Å²) in [7, 11) is 1.59. The Balaban J connectivity index is 1.51. The molecule has 5 rings (SSSR count). The summed E-state index contributed by atoms with van der Waals surface area (Å²) < 4.78 is 5.42. The second-order valence-corrected chi connectivity index (χ2v) is 9.80. The number of ether oxygens (including phenoxy) is 1. The van der Waals surface area contributed by atoms with Crippen molar-refractivity contribution in [1.29, 1.82) is 0 Å². The van der Waals surface area contributed by atoms with Gasteiger partial charge in [0.1, 0.15) is 5.75 Å². The van der Waals surface area contributed by atoms with Gasteiger partial charge in [-0.1, -0.05) is 36.0 Å². The van der Waals surface area contributed by atoms with Crippen LogP contribution in [0.2, 0.25) is 0 Å². The van der Waals surface area contributed by atoms with E-state index in [-0.39, 0.29) is 23.8 Å². The van der Waals surface area contributed by atoms with Crippen LogP contribution in [0.3, 0.4) is 0 Å². The number of fused-ring (bicyclic) bond motifs is 1. The van der Waals surface area contributed by atoms with Gasteiger partial charge in [-0.3, -0.25) is 9.59 Å². The van der Waals surface area contributed by atoms with E-state index in [1.54, 1.807) is 18.9 Å². The number of carbonyl (C=O) groups excluding carboxylic acids is 2. The average molecular weight is 477 g/mol. The van der Waals surface area contributed by atoms with Crippen LogP contribution in [0, 0.1) is 5.92 Å². The number of thioether (sulfide) groups is 1. The van der Waals surface area contributed by atoms with Crippen molar-refractivity contribution in [3.8, 4) is 5.75 Å². The van der Waals surface area contributed by atoms with E-state index in [0.717, 1.165) is 48.0 Å². The van der Waals surface area contributed by atoms with Gasteiger partial charge in [-0.25, -0.2) is 4.99 Å². The van der Waals surface area contributed by atoms with Crippen molar-refractivity contribution in [3.05, 3.63) is 65.4 Å². The smallest absolute Gasteiger partial charge is 0.255 e. The summed E-state index contributed by atoms with van der Waals surface area (Å²) in [6, 6.07) is 14.9. The van der Waals surface area contributed by atoms with Gasteiger partial charge < -0.3 is 20.3 Å². The molecule has 176 valence electrons. The fraction of sp³-hybridized carbons (Fsp3) is 0.346. The van der Waals surface area contributed by atoms with E-state index >= 15 is 0 Å². The average Bonchev–Trinajstić information content (AvgIpc) is 3.69. The third kappa shape index (κ3) is 4.55. The molecule has 0 bridgehead atoms. The van der Waals surface area contributed by atoms with Crippen LogP contribution in [-0.2, 0) is 9.59 Å². The van der Waals surface area contributed by atoms with Crippen LogP contribution in [-0.4, -0.2) is 41.3 Å². The Bertz CT molecular complexity index is 1190. The lowest BCUT2D eigenvalue weighted by atomic mass is 9.93. The number of hydrogen-bond donors (Lipinski definition) is 2. The van der Waals surface area contributed by atoms with Crippen LogP contribution in [0.5, 0.6) is 5.75 Å². The number of methoxy groups -OCH3 is 1. The lowest BCUT2D eigenvalue weighted by molar-refractivity contribution is -0.117. The maximum Gasteiger partial charge on any atom is 0.255 e. The Kier molecular flexibility index (Phi) is 6.32. The molecule has 1 saturated heterocycles. The molecular weight excluding hydrogens is 448 g/mol. The minimum Gasteiger partial charge on any atom is -0.495 e. The third-order valence-electron chi connectivity index (χ3n) is 6.28. The van der Waals surface area contributed by atoms with Gasteiger partial charge in [0.25, 0.3) is 5.91 Å². The number of anilines is 2. The summed E-state index contributed by atoms with van der Waals surface area (Å²) in [5.41, 5.74) is 3.62. The molecule has 2 N–H and O–H groups in total. The Morgan fingerprint density at radius 1 is 1.12 bits per heavy atom. The number of hydrogen-bond acceptors (Lipinski definition) is 6. The van der Waals surface area contributed by atoms with E-state index in [1.807, 2.05) is 55.5 Å². The number of amidine groups is 1. The summed E-state index contributed by atoms with van der Waals surface area (Å²) in [5, 5.41) is 7.01. The lowest BCUT2D eigenvalue weighted by Crippen LogP contribution is -2.43. The largest absolute Gasteiger partial charge is 0.495 e. The van der Waals surface area contributed by atoms with Crippen LogP contribution in [0.1, 0.15) is 37.8 Å². The van der Waals surface area contributed by atoms with Crippen LogP contribution in [0.4, 0.5) is 11.4 Å². The number of rotatable bonds is 6. The van der Waals surface area contributed by atoms with Crippen molar-refractivity contribution in [3.63, 3.8) is 0 Å². The molecule has 2 amide bonds. The molecule has 2 aromatic rings. The molecule has 2 heterocycles. The Labute approximate surface area is 203 Å². The van der Waals surface area contributed by atoms with E-state index in [2.05, 4.69) is 15.5 Å². The zero-order valence-electron chi connectivity index (χ0n) is 19.3. The normalized spacial score (nSPS) is 19.8. The summed E-state index contributed by atoms with van der Waals surface area (Å²) in [4.78, 5) is 33.0. The lowest BCUT2D eigenvalue weighted by Gasteiger charge is -2.41. The highest BCUT2D eigenvalue weighted by Crippen LogP contribution is 2.41. The number of aliphatic imine (C=N–C) groups is 1. The first-order chi connectivity index (χ1) is 16.5. The van der Waals surface area contributed by atoms with Crippen molar-refractivity contribution in [2.45, 2.75) is 32.2 Å². The highest BCUT2D eigenvalue weighted by molar-refractivity contribution is 8.13. The Morgan fingerprint density at radius 2 is 1.94 bits per heavy atom.